The summed E-state index contributed by atoms with van der Waals surface area (Å²) in [5.41, 5.74) is 6.62. The largest absolute Gasteiger partial charge is 0.459 e. The lowest BCUT2D eigenvalue weighted by Gasteiger charge is -2.22. The zero-order valence-corrected chi connectivity index (χ0v) is 26.2. The molecule has 1 fully saturated rings. The molecule has 0 unspecified atom stereocenters. The van der Waals surface area contributed by atoms with Crippen LogP contribution in [0, 0.1) is 5.82 Å². The van der Waals surface area contributed by atoms with Gasteiger partial charge in [-0.15, -0.1) is 0 Å². The van der Waals surface area contributed by atoms with Gasteiger partial charge in [-0.3, -0.25) is 5.32 Å². The molecule has 0 saturated heterocycles. The molecule has 10 heteroatoms. The molecule has 0 aromatic heterocycles. The van der Waals surface area contributed by atoms with E-state index in [9.17, 15) is 9.59 Å². The Morgan fingerprint density at radius 1 is 0.800 bits per heavy atom. The molecule has 0 heterocycles. The molecule has 0 spiro atoms. The minimum Gasteiger partial charge on any atom is -0.459 e. The number of hydrogen-bond acceptors (Lipinski definition) is 8. The molecular weight excluding hydrogens is 573 g/mol. The number of fused-ring (bicyclic) bond motifs is 1. The standard InChI is InChI=1S/C35H48FN5O4/c36-31-23-30(34(42)45-29-12-2-1-3-13-29)32(24-33(31)40-21-9-20-39-18-7-6-17-38-19-8-16-37)41-35(43)44-25-26-14-15-27-10-4-5-11-28(27)22-26/h4-5,10-11,14-15,22-24,29,38-40H,1-3,6-9,12-13,16-21,25,37H2,(H,41,43). The summed E-state index contributed by atoms with van der Waals surface area (Å²) in [5.74, 6) is -1.24. The molecule has 45 heavy (non-hydrogen) atoms. The fourth-order valence-corrected chi connectivity index (χ4v) is 5.42. The average Bonchev–Trinajstić information content (AvgIpc) is 3.05. The molecule has 9 nitrogen and oxygen atoms in total. The van der Waals surface area contributed by atoms with E-state index in [1.54, 1.807) is 0 Å². The zero-order chi connectivity index (χ0) is 31.7. The van der Waals surface area contributed by atoms with E-state index in [0.717, 1.165) is 106 Å². The lowest BCUT2D eigenvalue weighted by molar-refractivity contribution is 0.0212. The van der Waals surface area contributed by atoms with Gasteiger partial charge in [-0.05, 0) is 119 Å². The second-order valence-electron chi connectivity index (χ2n) is 11.6. The summed E-state index contributed by atoms with van der Waals surface area (Å²) in [7, 11) is 0. The lowest BCUT2D eigenvalue weighted by Crippen LogP contribution is -2.23. The van der Waals surface area contributed by atoms with Gasteiger partial charge in [-0.2, -0.15) is 0 Å². The second kappa shape index (κ2) is 18.9. The van der Waals surface area contributed by atoms with Crippen LogP contribution in [0.25, 0.3) is 10.8 Å². The molecular formula is C35H48FN5O4. The average molecular weight is 622 g/mol. The van der Waals surface area contributed by atoms with Gasteiger partial charge in [0.1, 0.15) is 18.5 Å². The maximum absolute atomic E-state index is 15.2. The van der Waals surface area contributed by atoms with E-state index in [1.807, 2.05) is 42.5 Å². The van der Waals surface area contributed by atoms with Crippen molar-refractivity contribution in [1.29, 1.82) is 0 Å². The molecule has 3 aromatic carbocycles. The third kappa shape index (κ3) is 11.6. The predicted octanol–water partition coefficient (Wildman–Crippen LogP) is 6.33. The van der Waals surface area contributed by atoms with Crippen LogP contribution in [-0.4, -0.2) is 57.4 Å². The third-order valence-corrected chi connectivity index (χ3v) is 7.93. The SMILES string of the molecule is NCCCNCCCCNCCCNc1cc(NC(=O)OCc2ccc3ccccc3c2)c(C(=O)OC2CCCCC2)cc1F. The van der Waals surface area contributed by atoms with E-state index < -0.39 is 17.9 Å². The van der Waals surface area contributed by atoms with Crippen molar-refractivity contribution in [2.24, 2.45) is 5.73 Å². The molecule has 1 amide bonds. The highest BCUT2D eigenvalue weighted by Gasteiger charge is 2.23. The van der Waals surface area contributed by atoms with Gasteiger partial charge in [-0.1, -0.05) is 42.8 Å². The Hall–Kier alpha value is -3.73. The van der Waals surface area contributed by atoms with Crippen LogP contribution in [0.2, 0.25) is 0 Å². The molecule has 1 saturated carbocycles. The molecule has 0 radical (unpaired) electrons. The Balaban J connectivity index is 1.31. The molecule has 1 aliphatic carbocycles. The highest BCUT2D eigenvalue weighted by molar-refractivity contribution is 6.00. The summed E-state index contributed by atoms with van der Waals surface area (Å²) in [5, 5.41) is 14.7. The van der Waals surface area contributed by atoms with Crippen molar-refractivity contribution in [1.82, 2.24) is 10.6 Å². The van der Waals surface area contributed by atoms with Gasteiger partial charge < -0.3 is 31.2 Å². The number of carbonyl (C=O) groups is 2. The first-order chi connectivity index (χ1) is 22.0. The first kappa shape index (κ1) is 34.1. The minimum atomic E-state index is -0.744. The number of unbranched alkanes of at least 4 members (excludes halogenated alkanes) is 1. The second-order valence-corrected chi connectivity index (χ2v) is 11.6. The van der Waals surface area contributed by atoms with Crippen LogP contribution in [0.5, 0.6) is 0 Å². The number of hydrogen-bond donors (Lipinski definition) is 5. The third-order valence-electron chi connectivity index (χ3n) is 7.93. The van der Waals surface area contributed by atoms with Gasteiger partial charge in [0.05, 0.1) is 16.9 Å². The first-order valence-corrected chi connectivity index (χ1v) is 16.3. The summed E-state index contributed by atoms with van der Waals surface area (Å²) in [6.07, 6.45) is 7.63. The van der Waals surface area contributed by atoms with Crippen molar-refractivity contribution in [2.45, 2.75) is 70.5 Å². The topological polar surface area (TPSA) is 127 Å². The fourth-order valence-electron chi connectivity index (χ4n) is 5.42. The molecule has 0 bridgehead atoms. The van der Waals surface area contributed by atoms with Gasteiger partial charge in [0, 0.05) is 6.54 Å². The quantitative estimate of drug-likeness (QED) is 0.0825. The van der Waals surface area contributed by atoms with Crippen LogP contribution in [0.3, 0.4) is 0 Å². The van der Waals surface area contributed by atoms with E-state index in [0.29, 0.717) is 13.1 Å². The van der Waals surface area contributed by atoms with Gasteiger partial charge in [-0.25, -0.2) is 14.0 Å². The Bertz CT molecular complexity index is 1370. The molecule has 3 aromatic rings. The zero-order valence-electron chi connectivity index (χ0n) is 26.2. The smallest absolute Gasteiger partial charge is 0.411 e. The highest BCUT2D eigenvalue weighted by atomic mass is 19.1. The Morgan fingerprint density at radius 2 is 1.51 bits per heavy atom. The van der Waals surface area contributed by atoms with E-state index in [1.165, 1.54) is 6.07 Å². The van der Waals surface area contributed by atoms with Crippen LogP contribution < -0.4 is 27.0 Å². The number of amides is 1. The number of benzene rings is 3. The number of anilines is 2. The maximum atomic E-state index is 15.2. The van der Waals surface area contributed by atoms with Gasteiger partial charge >= 0.3 is 12.1 Å². The molecule has 1 aliphatic rings. The van der Waals surface area contributed by atoms with Gasteiger partial charge in [0.2, 0.25) is 0 Å². The fraction of sp³-hybridized carbons (Fsp3) is 0.486. The maximum Gasteiger partial charge on any atom is 0.411 e. The predicted molar refractivity (Wildman–Crippen MR) is 178 cm³/mol. The summed E-state index contributed by atoms with van der Waals surface area (Å²) < 4.78 is 26.4. The molecule has 0 aliphatic heterocycles. The molecule has 244 valence electrons. The van der Waals surface area contributed by atoms with E-state index in [4.69, 9.17) is 15.2 Å². The van der Waals surface area contributed by atoms with E-state index >= 15 is 4.39 Å². The summed E-state index contributed by atoms with van der Waals surface area (Å²) in [4.78, 5) is 26.0. The molecule has 0 atom stereocenters. The van der Waals surface area contributed by atoms with Gasteiger partial charge in [0.25, 0.3) is 0 Å². The minimum absolute atomic E-state index is 0.0366. The van der Waals surface area contributed by atoms with Crippen molar-refractivity contribution in [3.63, 3.8) is 0 Å². The van der Waals surface area contributed by atoms with Crippen LogP contribution >= 0.6 is 0 Å². The Kier molecular flexibility index (Phi) is 14.4. The van der Waals surface area contributed by atoms with Crippen molar-refractivity contribution >= 4 is 34.2 Å². The van der Waals surface area contributed by atoms with E-state index in [2.05, 4.69) is 21.3 Å². The Labute approximate surface area is 265 Å². The number of nitrogens with one attached hydrogen (secondary N) is 4. The van der Waals surface area contributed by atoms with Crippen molar-refractivity contribution in [2.75, 3.05) is 49.9 Å². The Morgan fingerprint density at radius 3 is 2.27 bits per heavy atom. The number of rotatable bonds is 18. The normalized spacial score (nSPS) is 13.5. The highest BCUT2D eigenvalue weighted by Crippen LogP contribution is 2.28. The van der Waals surface area contributed by atoms with Crippen LogP contribution in [-0.2, 0) is 16.1 Å². The summed E-state index contributed by atoms with van der Waals surface area (Å²) >= 11 is 0. The van der Waals surface area contributed by atoms with E-state index in [-0.39, 0.29) is 29.6 Å². The first-order valence-electron chi connectivity index (χ1n) is 16.3. The number of carbonyl (C=O) groups excluding carboxylic acids is 2. The van der Waals surface area contributed by atoms with Crippen molar-refractivity contribution in [3.8, 4) is 0 Å². The van der Waals surface area contributed by atoms with Crippen molar-refractivity contribution in [3.05, 3.63) is 71.5 Å². The summed E-state index contributed by atoms with van der Waals surface area (Å²) in [6, 6.07) is 16.4. The monoisotopic (exact) mass is 621 g/mol. The summed E-state index contributed by atoms with van der Waals surface area (Å²) in [6.45, 7) is 4.91. The molecule has 6 N–H and O–H groups in total. The van der Waals surface area contributed by atoms with Gasteiger partial charge in [0.15, 0.2) is 0 Å². The lowest BCUT2D eigenvalue weighted by atomic mass is 9.98. The number of halogens is 1. The van der Waals surface area contributed by atoms with Crippen LogP contribution in [0.1, 0.15) is 73.7 Å². The van der Waals surface area contributed by atoms with Crippen LogP contribution in [0.15, 0.2) is 54.6 Å². The number of esters is 1. The number of nitrogens with two attached hydrogens (primary N) is 1. The van der Waals surface area contributed by atoms with Crippen molar-refractivity contribution < 1.29 is 23.5 Å². The molecule has 4 rings (SSSR count). The number of ether oxygens (including phenoxy) is 2. The van der Waals surface area contributed by atoms with Crippen LogP contribution in [0.4, 0.5) is 20.6 Å².